The monoisotopic (exact) mass is 263 g/mol. The molecule has 1 amide bonds. The Kier molecular flexibility index (Phi) is 4.70. The van der Waals surface area contributed by atoms with Gasteiger partial charge in [-0.1, -0.05) is 25.1 Å². The molecule has 0 radical (unpaired) electrons. The average Bonchev–Trinajstić information content (AvgIpc) is 2.40. The van der Waals surface area contributed by atoms with Gasteiger partial charge in [0.15, 0.2) is 0 Å². The minimum absolute atomic E-state index is 0.0146. The van der Waals surface area contributed by atoms with E-state index in [9.17, 15) is 4.79 Å². The quantitative estimate of drug-likeness (QED) is 0.779. The van der Waals surface area contributed by atoms with Gasteiger partial charge in [0.25, 0.3) is 0 Å². The van der Waals surface area contributed by atoms with Gasteiger partial charge in [-0.3, -0.25) is 4.79 Å². The van der Waals surface area contributed by atoms with E-state index >= 15 is 0 Å². The van der Waals surface area contributed by atoms with Crippen LogP contribution in [0.25, 0.3) is 0 Å². The molecule has 18 heavy (non-hydrogen) atoms. The number of amides is 1. The van der Waals surface area contributed by atoms with Crippen molar-refractivity contribution in [3.63, 3.8) is 0 Å². The molecule has 0 spiro atoms. The zero-order valence-electron chi connectivity index (χ0n) is 11.1. The fraction of sp³-hybridized carbons (Fsp3) is 0.533. The highest BCUT2D eigenvalue weighted by Crippen LogP contribution is 2.25. The minimum atomic E-state index is 0.0146. The molecule has 1 aromatic rings. The van der Waals surface area contributed by atoms with E-state index in [0.717, 1.165) is 31.8 Å². The fourth-order valence-electron chi connectivity index (χ4n) is 2.24. The smallest absolute Gasteiger partial charge is 0.235 e. The van der Waals surface area contributed by atoms with Crippen molar-refractivity contribution >= 4 is 17.7 Å². The van der Waals surface area contributed by atoms with Crippen molar-refractivity contribution in [1.29, 1.82) is 0 Å². The Morgan fingerprint density at radius 2 is 1.89 bits per heavy atom. The van der Waals surface area contributed by atoms with Crippen LogP contribution in [0.15, 0.2) is 35.2 Å². The average molecular weight is 263 g/mol. The predicted molar refractivity (Wildman–Crippen MR) is 76.7 cm³/mol. The Hall–Kier alpha value is -0.960. The van der Waals surface area contributed by atoms with Gasteiger partial charge in [-0.25, -0.2) is 0 Å². The minimum Gasteiger partial charge on any atom is -0.342 e. The lowest BCUT2D eigenvalue weighted by Gasteiger charge is -2.32. The summed E-state index contributed by atoms with van der Waals surface area (Å²) in [4.78, 5) is 15.5. The molecule has 1 aliphatic rings. The van der Waals surface area contributed by atoms with Crippen LogP contribution in [0, 0.1) is 5.92 Å². The van der Waals surface area contributed by atoms with Crippen molar-refractivity contribution in [3.8, 4) is 0 Å². The standard InChI is InChI=1S/C15H21NOS/c1-12-8-10-16(11-9-12)15(17)13(2)18-14-6-4-3-5-7-14/h3-7,12-13H,8-11H2,1-2H3/t13-/m0/s1. The Labute approximate surface area is 114 Å². The van der Waals surface area contributed by atoms with Crippen molar-refractivity contribution in [3.05, 3.63) is 30.3 Å². The van der Waals surface area contributed by atoms with Crippen LogP contribution in [0.4, 0.5) is 0 Å². The zero-order valence-corrected chi connectivity index (χ0v) is 12.0. The van der Waals surface area contributed by atoms with Gasteiger partial charge in [-0.2, -0.15) is 0 Å². The third kappa shape index (κ3) is 3.52. The van der Waals surface area contributed by atoms with Gasteiger partial charge in [0.05, 0.1) is 5.25 Å². The van der Waals surface area contributed by atoms with Crippen molar-refractivity contribution < 1.29 is 4.79 Å². The van der Waals surface area contributed by atoms with E-state index in [1.807, 2.05) is 30.0 Å². The van der Waals surface area contributed by atoms with Gasteiger partial charge in [-0.05, 0) is 37.8 Å². The van der Waals surface area contributed by atoms with E-state index in [1.54, 1.807) is 11.8 Å². The number of carbonyl (C=O) groups excluding carboxylic acids is 1. The molecule has 1 aliphatic heterocycles. The molecule has 0 saturated carbocycles. The van der Waals surface area contributed by atoms with Gasteiger partial charge >= 0.3 is 0 Å². The number of hydrogen-bond donors (Lipinski definition) is 0. The van der Waals surface area contributed by atoms with Crippen LogP contribution >= 0.6 is 11.8 Å². The first-order valence-corrected chi connectivity index (χ1v) is 7.55. The Morgan fingerprint density at radius 3 is 2.50 bits per heavy atom. The van der Waals surface area contributed by atoms with Crippen LogP contribution in [0.5, 0.6) is 0 Å². The first kappa shape index (κ1) is 13.5. The highest BCUT2D eigenvalue weighted by molar-refractivity contribution is 8.00. The molecule has 0 N–H and O–H groups in total. The van der Waals surface area contributed by atoms with E-state index in [-0.39, 0.29) is 11.2 Å². The van der Waals surface area contributed by atoms with Crippen LogP contribution in [0.2, 0.25) is 0 Å². The lowest BCUT2D eigenvalue weighted by Crippen LogP contribution is -2.41. The first-order valence-electron chi connectivity index (χ1n) is 6.67. The molecular formula is C15H21NOS. The lowest BCUT2D eigenvalue weighted by molar-refractivity contribution is -0.131. The molecule has 2 nitrogen and oxygen atoms in total. The largest absolute Gasteiger partial charge is 0.342 e. The molecule has 1 fully saturated rings. The topological polar surface area (TPSA) is 20.3 Å². The van der Waals surface area contributed by atoms with Crippen LogP contribution in [0.1, 0.15) is 26.7 Å². The molecule has 0 unspecified atom stereocenters. The number of benzene rings is 1. The number of hydrogen-bond acceptors (Lipinski definition) is 2. The zero-order chi connectivity index (χ0) is 13.0. The second-order valence-electron chi connectivity index (χ2n) is 5.08. The number of nitrogens with zero attached hydrogens (tertiary/aromatic N) is 1. The molecule has 1 aromatic carbocycles. The summed E-state index contributed by atoms with van der Waals surface area (Å²) < 4.78 is 0. The van der Waals surface area contributed by atoms with Gasteiger partial charge in [0, 0.05) is 18.0 Å². The van der Waals surface area contributed by atoms with Gasteiger partial charge in [0.2, 0.25) is 5.91 Å². The maximum atomic E-state index is 12.3. The molecule has 1 atom stereocenters. The number of rotatable bonds is 3. The predicted octanol–water partition coefficient (Wildman–Crippen LogP) is 3.43. The molecule has 1 saturated heterocycles. The number of piperidine rings is 1. The Morgan fingerprint density at radius 1 is 1.28 bits per heavy atom. The molecule has 0 bridgehead atoms. The number of thioether (sulfide) groups is 1. The molecule has 0 aliphatic carbocycles. The Bertz CT molecular complexity index is 385. The lowest BCUT2D eigenvalue weighted by atomic mass is 9.99. The summed E-state index contributed by atoms with van der Waals surface area (Å²) >= 11 is 1.65. The summed E-state index contributed by atoms with van der Waals surface area (Å²) in [5, 5.41) is 0.0146. The summed E-state index contributed by atoms with van der Waals surface area (Å²) in [6.07, 6.45) is 2.29. The molecule has 0 aromatic heterocycles. The van der Waals surface area contributed by atoms with Gasteiger partial charge in [-0.15, -0.1) is 11.8 Å². The van der Waals surface area contributed by atoms with E-state index in [1.165, 1.54) is 4.90 Å². The van der Waals surface area contributed by atoms with Crippen LogP contribution in [0.3, 0.4) is 0 Å². The summed E-state index contributed by atoms with van der Waals surface area (Å²) in [6, 6.07) is 10.2. The second kappa shape index (κ2) is 6.28. The second-order valence-corrected chi connectivity index (χ2v) is 6.50. The summed E-state index contributed by atoms with van der Waals surface area (Å²) in [5.74, 6) is 1.06. The van der Waals surface area contributed by atoms with Crippen molar-refractivity contribution in [2.24, 2.45) is 5.92 Å². The fourth-order valence-corrected chi connectivity index (χ4v) is 3.21. The van der Waals surface area contributed by atoms with Crippen LogP contribution in [-0.4, -0.2) is 29.1 Å². The van der Waals surface area contributed by atoms with Gasteiger partial charge in [0.1, 0.15) is 0 Å². The summed E-state index contributed by atoms with van der Waals surface area (Å²) in [5.41, 5.74) is 0. The van der Waals surface area contributed by atoms with Gasteiger partial charge < -0.3 is 4.90 Å². The molecule has 2 rings (SSSR count). The van der Waals surface area contributed by atoms with Crippen molar-refractivity contribution in [1.82, 2.24) is 4.90 Å². The van der Waals surface area contributed by atoms with E-state index < -0.39 is 0 Å². The SMILES string of the molecule is CC1CCN(C(=O)[C@H](C)Sc2ccccc2)CC1. The first-order chi connectivity index (χ1) is 8.66. The molecule has 98 valence electrons. The molecule has 1 heterocycles. The third-order valence-corrected chi connectivity index (χ3v) is 4.60. The van der Waals surface area contributed by atoms with Crippen LogP contribution < -0.4 is 0 Å². The molecule has 3 heteroatoms. The van der Waals surface area contributed by atoms with Crippen LogP contribution in [-0.2, 0) is 4.79 Å². The number of likely N-dealkylation sites (tertiary alicyclic amines) is 1. The number of carbonyl (C=O) groups is 1. The summed E-state index contributed by atoms with van der Waals surface area (Å²) in [6.45, 7) is 6.14. The Balaban J connectivity index is 1.89. The van der Waals surface area contributed by atoms with Crippen molar-refractivity contribution in [2.75, 3.05) is 13.1 Å². The highest BCUT2D eigenvalue weighted by atomic mass is 32.2. The third-order valence-electron chi connectivity index (χ3n) is 3.50. The maximum Gasteiger partial charge on any atom is 0.235 e. The normalized spacial score (nSPS) is 18.7. The van der Waals surface area contributed by atoms with E-state index in [2.05, 4.69) is 19.1 Å². The molecular weight excluding hydrogens is 242 g/mol. The van der Waals surface area contributed by atoms with E-state index in [4.69, 9.17) is 0 Å². The maximum absolute atomic E-state index is 12.3. The van der Waals surface area contributed by atoms with Crippen molar-refractivity contribution in [2.45, 2.75) is 36.8 Å². The summed E-state index contributed by atoms with van der Waals surface area (Å²) in [7, 11) is 0. The highest BCUT2D eigenvalue weighted by Gasteiger charge is 2.24. The van der Waals surface area contributed by atoms with E-state index in [0.29, 0.717) is 0 Å².